The normalized spacial score (nSPS) is 11.8. The Bertz CT molecular complexity index is 570. The molecule has 0 radical (unpaired) electrons. The van der Waals surface area contributed by atoms with E-state index in [0.29, 0.717) is 12.6 Å². The van der Waals surface area contributed by atoms with Crippen LogP contribution in [0.2, 0.25) is 0 Å². The van der Waals surface area contributed by atoms with Crippen LogP contribution in [0.1, 0.15) is 31.5 Å². The van der Waals surface area contributed by atoms with E-state index in [1.165, 1.54) is 6.07 Å². The molecule has 0 N–H and O–H groups in total. The van der Waals surface area contributed by atoms with Crippen LogP contribution in [0.5, 0.6) is 0 Å². The largest absolute Gasteiger partial charge is 0.306 e. The van der Waals surface area contributed by atoms with Gasteiger partial charge in [-0.3, -0.25) is 0 Å². The van der Waals surface area contributed by atoms with E-state index in [-0.39, 0.29) is 0 Å². The summed E-state index contributed by atoms with van der Waals surface area (Å²) < 4.78 is 41.6. The highest BCUT2D eigenvalue weighted by Crippen LogP contribution is 2.30. The molecule has 0 spiro atoms. The van der Waals surface area contributed by atoms with Gasteiger partial charge in [-0.25, -0.2) is 18.2 Å². The van der Waals surface area contributed by atoms with Gasteiger partial charge in [-0.2, -0.15) is 0 Å². The van der Waals surface area contributed by atoms with Crippen molar-refractivity contribution in [1.29, 1.82) is 0 Å². The summed E-state index contributed by atoms with van der Waals surface area (Å²) >= 11 is 0. The Hall–Kier alpha value is -1.78. The Morgan fingerprint density at radius 3 is 2.68 bits per heavy atom. The molecule has 0 saturated carbocycles. The molecule has 1 aromatic carbocycles. The van der Waals surface area contributed by atoms with Crippen molar-refractivity contribution in [2.24, 2.45) is 0 Å². The molecule has 2 rings (SSSR count). The summed E-state index contributed by atoms with van der Waals surface area (Å²) in [5.74, 6) is -4.10. The zero-order valence-corrected chi connectivity index (χ0v) is 10.8. The lowest BCUT2D eigenvalue weighted by molar-refractivity contribution is 0.0137. The zero-order chi connectivity index (χ0) is 14.0. The lowest BCUT2D eigenvalue weighted by Gasteiger charge is -2.13. The summed E-state index contributed by atoms with van der Waals surface area (Å²) in [5, 5.41) is 0. The first-order valence-electron chi connectivity index (χ1n) is 6.13. The summed E-state index contributed by atoms with van der Waals surface area (Å²) in [4.78, 5) is 4.18. The lowest BCUT2D eigenvalue weighted by atomic mass is 10.1. The zero-order valence-electron chi connectivity index (χ0n) is 10.8. The van der Waals surface area contributed by atoms with Crippen LogP contribution < -0.4 is 0 Å². The fourth-order valence-electron chi connectivity index (χ4n) is 1.90. The van der Waals surface area contributed by atoms with Gasteiger partial charge < -0.3 is 4.57 Å². The topological polar surface area (TPSA) is 17.8 Å². The van der Waals surface area contributed by atoms with Crippen LogP contribution in [-0.4, -0.2) is 9.55 Å². The highest BCUT2D eigenvalue weighted by molar-refractivity contribution is 5.38. The Morgan fingerprint density at radius 1 is 1.32 bits per heavy atom. The number of aryl methyl sites for hydroxylation is 1. The third-order valence-corrected chi connectivity index (χ3v) is 2.86. The first-order valence-corrected chi connectivity index (χ1v) is 6.13. The number of aromatic nitrogens is 2. The second-order valence-electron chi connectivity index (χ2n) is 4.57. The Morgan fingerprint density at radius 2 is 2.05 bits per heavy atom. The first-order chi connectivity index (χ1) is 8.91. The van der Waals surface area contributed by atoms with Gasteiger partial charge in [0, 0.05) is 18.8 Å². The second kappa shape index (κ2) is 5.07. The van der Waals surface area contributed by atoms with Crippen LogP contribution in [0.3, 0.4) is 0 Å². The van der Waals surface area contributed by atoms with Gasteiger partial charge >= 0.3 is 0 Å². The van der Waals surface area contributed by atoms with Crippen LogP contribution in [0.25, 0.3) is 5.69 Å². The summed E-state index contributed by atoms with van der Waals surface area (Å²) in [7, 11) is 0. The molecule has 1 aromatic heterocycles. The molecule has 0 amide bonds. The van der Waals surface area contributed by atoms with Gasteiger partial charge in [-0.05, 0) is 24.6 Å². The predicted octanol–water partition coefficient (Wildman–Crippen LogP) is 4.08. The van der Waals surface area contributed by atoms with Crippen LogP contribution in [0.15, 0.2) is 30.7 Å². The maximum Gasteiger partial charge on any atom is 0.273 e. The van der Waals surface area contributed by atoms with Crippen molar-refractivity contribution in [3.05, 3.63) is 47.8 Å². The molecule has 2 aromatic rings. The Labute approximate surface area is 109 Å². The van der Waals surface area contributed by atoms with Gasteiger partial charge in [0.2, 0.25) is 0 Å². The SMILES string of the molecule is CCCc1cn(-c2ccc(F)c(C(C)(F)F)c2)cn1. The van der Waals surface area contributed by atoms with E-state index in [0.717, 1.165) is 30.7 Å². The molecule has 0 atom stereocenters. The predicted molar refractivity (Wildman–Crippen MR) is 67.1 cm³/mol. The minimum atomic E-state index is -3.20. The quantitative estimate of drug-likeness (QED) is 0.817. The minimum absolute atomic E-state index is 0.479. The molecular formula is C14H15F3N2. The standard InChI is InChI=1S/C14H15F3N2/c1-3-4-10-8-19(9-18-10)11-5-6-13(15)12(7-11)14(2,16)17/h5-9H,3-4H2,1-2H3. The molecule has 19 heavy (non-hydrogen) atoms. The molecule has 2 nitrogen and oxygen atoms in total. The van der Waals surface area contributed by atoms with Gasteiger partial charge in [-0.15, -0.1) is 0 Å². The van der Waals surface area contributed by atoms with Crippen LogP contribution in [-0.2, 0) is 12.3 Å². The number of nitrogens with zero attached hydrogens (tertiary/aromatic N) is 2. The van der Waals surface area contributed by atoms with Gasteiger partial charge in [0.05, 0.1) is 17.6 Å². The van der Waals surface area contributed by atoms with Gasteiger partial charge in [0.15, 0.2) is 0 Å². The molecule has 0 unspecified atom stereocenters. The van der Waals surface area contributed by atoms with E-state index in [1.807, 2.05) is 6.92 Å². The number of halogens is 3. The maximum atomic E-state index is 13.4. The van der Waals surface area contributed by atoms with E-state index in [2.05, 4.69) is 4.98 Å². The van der Waals surface area contributed by atoms with Crippen molar-refractivity contribution in [3.63, 3.8) is 0 Å². The van der Waals surface area contributed by atoms with E-state index < -0.39 is 17.3 Å². The summed E-state index contributed by atoms with van der Waals surface area (Å²) in [6.45, 7) is 2.72. The van der Waals surface area contributed by atoms with E-state index >= 15 is 0 Å². The third-order valence-electron chi connectivity index (χ3n) is 2.86. The van der Waals surface area contributed by atoms with Crippen LogP contribution in [0, 0.1) is 5.82 Å². The molecule has 0 aliphatic carbocycles. The third kappa shape index (κ3) is 2.97. The van der Waals surface area contributed by atoms with Crippen molar-refractivity contribution in [2.75, 3.05) is 0 Å². The molecule has 5 heteroatoms. The fourth-order valence-corrected chi connectivity index (χ4v) is 1.90. The number of rotatable bonds is 4. The molecule has 1 heterocycles. The summed E-state index contributed by atoms with van der Waals surface area (Å²) in [5.41, 5.74) is 0.764. The molecule has 0 fully saturated rings. The maximum absolute atomic E-state index is 13.4. The number of hydrogen-bond acceptors (Lipinski definition) is 1. The first kappa shape index (κ1) is 13.6. The van der Waals surface area contributed by atoms with E-state index in [4.69, 9.17) is 0 Å². The minimum Gasteiger partial charge on any atom is -0.306 e. The lowest BCUT2D eigenvalue weighted by Crippen LogP contribution is -2.10. The van der Waals surface area contributed by atoms with Crippen molar-refractivity contribution < 1.29 is 13.2 Å². The molecule has 0 saturated heterocycles. The summed E-state index contributed by atoms with van der Waals surface area (Å²) in [6.07, 6.45) is 5.10. The number of imidazole rings is 1. The Balaban J connectivity index is 2.39. The smallest absolute Gasteiger partial charge is 0.273 e. The molecule has 0 aliphatic rings. The second-order valence-corrected chi connectivity index (χ2v) is 4.57. The Kier molecular flexibility index (Phi) is 3.64. The molecule has 0 aliphatic heterocycles. The van der Waals surface area contributed by atoms with E-state index in [9.17, 15) is 13.2 Å². The van der Waals surface area contributed by atoms with Crippen molar-refractivity contribution in [2.45, 2.75) is 32.6 Å². The highest BCUT2D eigenvalue weighted by Gasteiger charge is 2.28. The van der Waals surface area contributed by atoms with Crippen LogP contribution in [0.4, 0.5) is 13.2 Å². The van der Waals surface area contributed by atoms with Crippen molar-refractivity contribution in [3.8, 4) is 5.69 Å². The molecular weight excluding hydrogens is 253 g/mol. The number of alkyl halides is 2. The van der Waals surface area contributed by atoms with Crippen molar-refractivity contribution in [1.82, 2.24) is 9.55 Å². The average Bonchev–Trinajstić information content (AvgIpc) is 2.77. The number of benzene rings is 1. The van der Waals surface area contributed by atoms with E-state index in [1.54, 1.807) is 17.1 Å². The fraction of sp³-hybridized carbons (Fsp3) is 0.357. The van der Waals surface area contributed by atoms with Gasteiger partial charge in [0.25, 0.3) is 5.92 Å². The molecule has 102 valence electrons. The number of hydrogen-bond donors (Lipinski definition) is 0. The average molecular weight is 268 g/mol. The van der Waals surface area contributed by atoms with Gasteiger partial charge in [-0.1, -0.05) is 13.3 Å². The van der Waals surface area contributed by atoms with Crippen LogP contribution >= 0.6 is 0 Å². The summed E-state index contributed by atoms with van der Waals surface area (Å²) in [6, 6.07) is 3.68. The highest BCUT2D eigenvalue weighted by atomic mass is 19.3. The molecule has 0 bridgehead atoms. The van der Waals surface area contributed by atoms with Gasteiger partial charge in [0.1, 0.15) is 5.82 Å². The van der Waals surface area contributed by atoms with Crippen molar-refractivity contribution >= 4 is 0 Å². The monoisotopic (exact) mass is 268 g/mol.